The van der Waals surface area contributed by atoms with Crippen LogP contribution in [0, 0.1) is 0 Å². The van der Waals surface area contributed by atoms with Gasteiger partial charge in [-0.2, -0.15) is 0 Å². The van der Waals surface area contributed by atoms with Gasteiger partial charge in [0.15, 0.2) is 0 Å². The zero-order valence-corrected chi connectivity index (χ0v) is 10.0. The van der Waals surface area contributed by atoms with E-state index in [2.05, 4.69) is 4.90 Å². The first-order chi connectivity index (χ1) is 7.75. The molecule has 3 nitrogen and oxygen atoms in total. The molecule has 0 amide bonds. The quantitative estimate of drug-likeness (QED) is 0.805. The highest BCUT2D eigenvalue weighted by Crippen LogP contribution is 2.20. The summed E-state index contributed by atoms with van der Waals surface area (Å²) >= 11 is 5.97. The number of hydrogen-bond acceptors (Lipinski definition) is 3. The van der Waals surface area contributed by atoms with Gasteiger partial charge >= 0.3 is 0 Å². The highest BCUT2D eigenvalue weighted by molar-refractivity contribution is 6.30. The Bertz CT molecular complexity index is 349. The highest BCUT2D eigenvalue weighted by atomic mass is 35.5. The topological polar surface area (TPSA) is 38.5 Å². The van der Waals surface area contributed by atoms with Crippen molar-refractivity contribution < 1.29 is 4.74 Å². The van der Waals surface area contributed by atoms with Crippen molar-refractivity contribution in [3.05, 3.63) is 28.8 Å². The van der Waals surface area contributed by atoms with Crippen LogP contribution in [0.2, 0.25) is 5.02 Å². The van der Waals surface area contributed by atoms with E-state index >= 15 is 0 Å². The molecule has 16 heavy (non-hydrogen) atoms. The Balaban J connectivity index is 2.04. The maximum absolute atomic E-state index is 5.97. The third kappa shape index (κ3) is 3.11. The van der Waals surface area contributed by atoms with Crippen LogP contribution in [0.4, 0.5) is 5.69 Å². The predicted molar refractivity (Wildman–Crippen MR) is 66.6 cm³/mol. The maximum Gasteiger partial charge on any atom is 0.0593 e. The zero-order valence-electron chi connectivity index (χ0n) is 9.29. The van der Waals surface area contributed by atoms with Gasteiger partial charge in [-0.25, -0.2) is 0 Å². The lowest BCUT2D eigenvalue weighted by Gasteiger charge is -2.20. The molecule has 1 aromatic rings. The molecule has 0 aromatic heterocycles. The lowest BCUT2D eigenvalue weighted by Crippen LogP contribution is -2.26. The lowest BCUT2D eigenvalue weighted by atomic mass is 10.1. The molecule has 1 saturated heterocycles. The first-order valence-electron chi connectivity index (χ1n) is 5.60. The monoisotopic (exact) mass is 240 g/mol. The summed E-state index contributed by atoms with van der Waals surface area (Å²) in [6, 6.07) is 5.64. The molecule has 1 heterocycles. The van der Waals surface area contributed by atoms with Gasteiger partial charge in [-0.15, -0.1) is 0 Å². The van der Waals surface area contributed by atoms with Gasteiger partial charge in [0.2, 0.25) is 0 Å². The van der Waals surface area contributed by atoms with Crippen molar-refractivity contribution in [2.24, 2.45) is 0 Å². The largest absolute Gasteiger partial charge is 0.398 e. The number of nitrogens with zero attached hydrogens (tertiary/aromatic N) is 1. The van der Waals surface area contributed by atoms with Crippen LogP contribution in [0.1, 0.15) is 12.0 Å². The van der Waals surface area contributed by atoms with E-state index in [1.165, 1.54) is 0 Å². The van der Waals surface area contributed by atoms with Gasteiger partial charge in [0.25, 0.3) is 0 Å². The Hall–Kier alpha value is -0.770. The van der Waals surface area contributed by atoms with E-state index in [4.69, 9.17) is 22.1 Å². The van der Waals surface area contributed by atoms with Gasteiger partial charge in [-0.05, 0) is 30.2 Å². The van der Waals surface area contributed by atoms with Gasteiger partial charge in [0.1, 0.15) is 0 Å². The number of benzene rings is 1. The second kappa shape index (κ2) is 5.53. The van der Waals surface area contributed by atoms with Crippen molar-refractivity contribution >= 4 is 17.3 Å². The molecule has 0 saturated carbocycles. The molecular weight excluding hydrogens is 224 g/mol. The van der Waals surface area contributed by atoms with Gasteiger partial charge in [0, 0.05) is 37.0 Å². The summed E-state index contributed by atoms with van der Waals surface area (Å²) in [7, 11) is 0. The Morgan fingerprint density at radius 3 is 3.06 bits per heavy atom. The molecule has 2 rings (SSSR count). The Morgan fingerprint density at radius 2 is 2.19 bits per heavy atom. The fourth-order valence-electron chi connectivity index (χ4n) is 1.91. The van der Waals surface area contributed by atoms with E-state index in [1.807, 2.05) is 18.2 Å². The van der Waals surface area contributed by atoms with Crippen molar-refractivity contribution in [3.63, 3.8) is 0 Å². The number of hydrogen-bond donors (Lipinski definition) is 1. The van der Waals surface area contributed by atoms with Crippen LogP contribution in [-0.2, 0) is 11.3 Å². The lowest BCUT2D eigenvalue weighted by molar-refractivity contribution is 0.140. The minimum absolute atomic E-state index is 0.746. The number of anilines is 1. The molecule has 1 aliphatic heterocycles. The normalized spacial score (nSPS) is 18.3. The molecule has 0 spiro atoms. The first-order valence-corrected chi connectivity index (χ1v) is 5.97. The Kier molecular flexibility index (Phi) is 4.04. The van der Waals surface area contributed by atoms with Crippen molar-refractivity contribution in [2.75, 3.05) is 32.0 Å². The third-order valence-corrected chi connectivity index (χ3v) is 3.05. The standard InChI is InChI=1S/C12H17ClN2O/c13-11-2-3-12(14)10(8-11)9-15-4-1-6-16-7-5-15/h2-3,8H,1,4-7,9,14H2. The number of halogens is 1. The van der Waals surface area contributed by atoms with Crippen molar-refractivity contribution in [2.45, 2.75) is 13.0 Å². The summed E-state index contributed by atoms with van der Waals surface area (Å²) in [6.45, 7) is 4.55. The van der Waals surface area contributed by atoms with Crippen LogP contribution in [0.5, 0.6) is 0 Å². The fraction of sp³-hybridized carbons (Fsp3) is 0.500. The SMILES string of the molecule is Nc1ccc(Cl)cc1CN1CCCOCC1. The molecular formula is C12H17ClN2O. The van der Waals surface area contributed by atoms with Crippen LogP contribution in [0.3, 0.4) is 0 Å². The molecule has 1 aromatic carbocycles. The summed E-state index contributed by atoms with van der Waals surface area (Å²) in [5.74, 6) is 0. The van der Waals surface area contributed by atoms with Crippen LogP contribution in [-0.4, -0.2) is 31.2 Å². The molecule has 0 aliphatic carbocycles. The van der Waals surface area contributed by atoms with Gasteiger partial charge < -0.3 is 10.5 Å². The number of nitrogens with two attached hydrogens (primary N) is 1. The fourth-order valence-corrected chi connectivity index (χ4v) is 2.10. The second-order valence-electron chi connectivity index (χ2n) is 4.09. The van der Waals surface area contributed by atoms with Crippen molar-refractivity contribution in [1.29, 1.82) is 0 Å². The Labute approximate surface area is 101 Å². The molecule has 0 unspecified atom stereocenters. The van der Waals surface area contributed by atoms with Gasteiger partial charge in [-0.3, -0.25) is 4.90 Å². The van der Waals surface area contributed by atoms with E-state index in [-0.39, 0.29) is 0 Å². The first kappa shape index (κ1) is 11.7. The predicted octanol–water partition coefficient (Wildman–Crippen LogP) is 2.14. The smallest absolute Gasteiger partial charge is 0.0593 e. The minimum Gasteiger partial charge on any atom is -0.398 e. The van der Waals surface area contributed by atoms with Crippen LogP contribution in [0.25, 0.3) is 0 Å². The molecule has 1 aliphatic rings. The third-order valence-electron chi connectivity index (χ3n) is 2.81. The minimum atomic E-state index is 0.746. The number of nitrogen functional groups attached to an aromatic ring is 1. The molecule has 88 valence electrons. The summed E-state index contributed by atoms with van der Waals surface area (Å²) < 4.78 is 5.42. The zero-order chi connectivity index (χ0) is 11.4. The second-order valence-corrected chi connectivity index (χ2v) is 4.52. The highest BCUT2D eigenvalue weighted by Gasteiger charge is 2.11. The molecule has 1 fully saturated rings. The van der Waals surface area contributed by atoms with Crippen molar-refractivity contribution in [1.82, 2.24) is 4.90 Å². The van der Waals surface area contributed by atoms with E-state index in [0.717, 1.165) is 55.5 Å². The van der Waals surface area contributed by atoms with E-state index in [0.29, 0.717) is 0 Å². The molecule has 4 heteroatoms. The van der Waals surface area contributed by atoms with Crippen LogP contribution in [0.15, 0.2) is 18.2 Å². The van der Waals surface area contributed by atoms with E-state index < -0.39 is 0 Å². The summed E-state index contributed by atoms with van der Waals surface area (Å²) in [4.78, 5) is 2.36. The number of ether oxygens (including phenoxy) is 1. The summed E-state index contributed by atoms with van der Waals surface area (Å²) in [5, 5.41) is 0.746. The summed E-state index contributed by atoms with van der Waals surface area (Å²) in [6.07, 6.45) is 1.08. The van der Waals surface area contributed by atoms with Crippen molar-refractivity contribution in [3.8, 4) is 0 Å². The van der Waals surface area contributed by atoms with Gasteiger partial charge in [-0.1, -0.05) is 11.6 Å². The van der Waals surface area contributed by atoms with Crippen LogP contribution < -0.4 is 5.73 Å². The molecule has 0 bridgehead atoms. The van der Waals surface area contributed by atoms with Crippen LogP contribution >= 0.6 is 11.6 Å². The van der Waals surface area contributed by atoms with E-state index in [1.54, 1.807) is 0 Å². The average molecular weight is 241 g/mol. The van der Waals surface area contributed by atoms with Gasteiger partial charge in [0.05, 0.1) is 6.61 Å². The molecule has 0 atom stereocenters. The average Bonchev–Trinajstić information content (AvgIpc) is 2.52. The molecule has 2 N–H and O–H groups in total. The number of rotatable bonds is 2. The Morgan fingerprint density at radius 1 is 1.31 bits per heavy atom. The maximum atomic E-state index is 5.97. The van der Waals surface area contributed by atoms with E-state index in [9.17, 15) is 0 Å². The molecule has 0 radical (unpaired) electrons. The summed E-state index contributed by atoms with van der Waals surface area (Å²) in [5.41, 5.74) is 7.85.